The Morgan fingerprint density at radius 1 is 1.10 bits per heavy atom. The van der Waals surface area contributed by atoms with Crippen LogP contribution in [0.4, 0.5) is 5.69 Å². The van der Waals surface area contributed by atoms with Crippen LogP contribution in [0, 0.1) is 5.92 Å². The molecule has 1 aliphatic carbocycles. The van der Waals surface area contributed by atoms with E-state index in [0.717, 1.165) is 25.6 Å². The summed E-state index contributed by atoms with van der Waals surface area (Å²) in [7, 11) is 0. The molecule has 20 heavy (non-hydrogen) atoms. The van der Waals surface area contributed by atoms with Crippen molar-refractivity contribution in [3.8, 4) is 0 Å². The van der Waals surface area contributed by atoms with Crippen LogP contribution in [0.5, 0.6) is 0 Å². The van der Waals surface area contributed by atoms with E-state index in [0.29, 0.717) is 6.04 Å². The Balaban J connectivity index is 1.84. The van der Waals surface area contributed by atoms with Gasteiger partial charge in [-0.1, -0.05) is 25.0 Å². The molecule has 0 saturated heterocycles. The Hall–Kier alpha value is -1.02. The first-order valence-corrected chi connectivity index (χ1v) is 8.31. The first-order chi connectivity index (χ1) is 9.74. The maximum Gasteiger partial charge on any atom is 0.0366 e. The van der Waals surface area contributed by atoms with E-state index < -0.39 is 0 Å². The molecular weight excluding hydrogens is 244 g/mol. The van der Waals surface area contributed by atoms with Crippen molar-refractivity contribution in [1.29, 1.82) is 0 Å². The molecule has 112 valence electrons. The lowest BCUT2D eigenvalue weighted by atomic mass is 9.99. The van der Waals surface area contributed by atoms with Crippen molar-refractivity contribution in [3.05, 3.63) is 29.8 Å². The largest absolute Gasteiger partial charge is 0.372 e. The van der Waals surface area contributed by atoms with Gasteiger partial charge in [-0.05, 0) is 57.2 Å². The highest BCUT2D eigenvalue weighted by Gasteiger charge is 2.20. The molecule has 0 aliphatic heterocycles. The summed E-state index contributed by atoms with van der Waals surface area (Å²) < 4.78 is 0. The van der Waals surface area contributed by atoms with Crippen molar-refractivity contribution in [2.45, 2.75) is 59.0 Å². The second kappa shape index (κ2) is 7.68. The molecule has 0 radical (unpaired) electrons. The van der Waals surface area contributed by atoms with Crippen LogP contribution < -0.4 is 10.2 Å². The van der Waals surface area contributed by atoms with Gasteiger partial charge in [0.05, 0.1) is 0 Å². The Morgan fingerprint density at radius 2 is 1.70 bits per heavy atom. The molecule has 1 aromatic carbocycles. The molecule has 2 rings (SSSR count). The summed E-state index contributed by atoms with van der Waals surface area (Å²) in [4.78, 5) is 2.39. The molecule has 1 fully saturated rings. The fourth-order valence-electron chi connectivity index (χ4n) is 3.32. The zero-order valence-corrected chi connectivity index (χ0v) is 13.4. The van der Waals surface area contributed by atoms with Crippen LogP contribution >= 0.6 is 0 Å². The molecule has 2 nitrogen and oxygen atoms in total. The lowest BCUT2D eigenvalue weighted by molar-refractivity contribution is 0.380. The summed E-state index contributed by atoms with van der Waals surface area (Å²) in [5, 5.41) is 3.70. The molecule has 1 saturated carbocycles. The summed E-state index contributed by atoms with van der Waals surface area (Å²) in [6.45, 7) is 9.92. The van der Waals surface area contributed by atoms with E-state index in [1.807, 2.05) is 0 Å². The predicted molar refractivity (Wildman–Crippen MR) is 88.3 cm³/mol. The average Bonchev–Trinajstić information content (AvgIpc) is 3.01. The van der Waals surface area contributed by atoms with Crippen molar-refractivity contribution in [1.82, 2.24) is 5.32 Å². The first-order valence-electron chi connectivity index (χ1n) is 8.31. The Kier molecular flexibility index (Phi) is 5.90. The molecule has 0 bridgehead atoms. The van der Waals surface area contributed by atoms with Gasteiger partial charge in [0.25, 0.3) is 0 Å². The second-order valence-electron chi connectivity index (χ2n) is 6.05. The van der Waals surface area contributed by atoms with Gasteiger partial charge in [-0.2, -0.15) is 0 Å². The van der Waals surface area contributed by atoms with E-state index in [2.05, 4.69) is 55.3 Å². The van der Waals surface area contributed by atoms with Crippen molar-refractivity contribution >= 4 is 5.69 Å². The topological polar surface area (TPSA) is 15.3 Å². The van der Waals surface area contributed by atoms with E-state index in [9.17, 15) is 0 Å². The van der Waals surface area contributed by atoms with E-state index in [-0.39, 0.29) is 0 Å². The normalized spacial score (nSPS) is 17.4. The number of nitrogens with one attached hydrogen (secondary N) is 1. The third kappa shape index (κ3) is 3.99. The van der Waals surface area contributed by atoms with E-state index in [1.54, 1.807) is 0 Å². The van der Waals surface area contributed by atoms with Gasteiger partial charge in [-0.15, -0.1) is 0 Å². The minimum Gasteiger partial charge on any atom is -0.372 e. The van der Waals surface area contributed by atoms with E-state index in [1.165, 1.54) is 36.9 Å². The Bertz CT molecular complexity index is 375. The number of anilines is 1. The van der Waals surface area contributed by atoms with E-state index >= 15 is 0 Å². The molecular formula is C18H30N2. The fraction of sp³-hybridized carbons (Fsp3) is 0.667. The Labute approximate surface area is 124 Å². The molecule has 1 atom stereocenters. The summed E-state index contributed by atoms with van der Waals surface area (Å²) in [5.41, 5.74) is 2.73. The highest BCUT2D eigenvalue weighted by molar-refractivity contribution is 5.47. The lowest BCUT2D eigenvalue weighted by Gasteiger charge is -2.22. The maximum absolute atomic E-state index is 3.70. The number of hydrogen-bond acceptors (Lipinski definition) is 2. The van der Waals surface area contributed by atoms with Crippen LogP contribution in [0.1, 0.15) is 52.0 Å². The maximum atomic E-state index is 3.70. The van der Waals surface area contributed by atoms with Gasteiger partial charge < -0.3 is 10.2 Å². The second-order valence-corrected chi connectivity index (χ2v) is 6.05. The van der Waals surface area contributed by atoms with Gasteiger partial charge in [-0.3, -0.25) is 0 Å². The van der Waals surface area contributed by atoms with Gasteiger partial charge in [0, 0.05) is 31.4 Å². The van der Waals surface area contributed by atoms with Crippen LogP contribution in [-0.4, -0.2) is 19.1 Å². The molecule has 0 unspecified atom stereocenters. The quantitative estimate of drug-likeness (QED) is 0.801. The average molecular weight is 274 g/mol. The van der Waals surface area contributed by atoms with Gasteiger partial charge >= 0.3 is 0 Å². The number of nitrogens with zero attached hydrogens (tertiary/aromatic N) is 1. The summed E-state index contributed by atoms with van der Waals surface area (Å²) in [6, 6.07) is 9.69. The highest BCUT2D eigenvalue weighted by atomic mass is 15.1. The van der Waals surface area contributed by atoms with Crippen molar-refractivity contribution in [2.75, 3.05) is 18.0 Å². The molecule has 0 spiro atoms. The standard InChI is InChI=1S/C18H30N2/c1-4-20(5-2)18-12-10-16(11-13-18)14-19-15(3)17-8-6-7-9-17/h10-13,15,17,19H,4-9,14H2,1-3H3/t15-/m0/s1. The fourth-order valence-corrected chi connectivity index (χ4v) is 3.32. The molecule has 0 amide bonds. The van der Waals surface area contributed by atoms with Crippen LogP contribution in [0.2, 0.25) is 0 Å². The zero-order valence-electron chi connectivity index (χ0n) is 13.4. The highest BCUT2D eigenvalue weighted by Crippen LogP contribution is 2.27. The van der Waals surface area contributed by atoms with Gasteiger partial charge in [-0.25, -0.2) is 0 Å². The van der Waals surface area contributed by atoms with Gasteiger partial charge in [0.2, 0.25) is 0 Å². The van der Waals surface area contributed by atoms with Crippen LogP contribution in [0.3, 0.4) is 0 Å². The minimum atomic E-state index is 0.653. The third-order valence-electron chi connectivity index (χ3n) is 4.80. The number of benzene rings is 1. The Morgan fingerprint density at radius 3 is 2.25 bits per heavy atom. The third-order valence-corrected chi connectivity index (χ3v) is 4.80. The smallest absolute Gasteiger partial charge is 0.0366 e. The lowest BCUT2D eigenvalue weighted by Crippen LogP contribution is -2.31. The number of rotatable bonds is 7. The summed E-state index contributed by atoms with van der Waals surface area (Å²) in [5.74, 6) is 0.893. The van der Waals surface area contributed by atoms with Crippen molar-refractivity contribution in [3.63, 3.8) is 0 Å². The molecule has 2 heteroatoms. The van der Waals surface area contributed by atoms with Crippen molar-refractivity contribution in [2.24, 2.45) is 5.92 Å². The number of hydrogen-bond donors (Lipinski definition) is 1. The molecule has 0 heterocycles. The first kappa shape index (κ1) is 15.4. The van der Waals surface area contributed by atoms with Gasteiger partial charge in [0.1, 0.15) is 0 Å². The molecule has 1 aliphatic rings. The van der Waals surface area contributed by atoms with Crippen LogP contribution in [-0.2, 0) is 6.54 Å². The monoisotopic (exact) mass is 274 g/mol. The molecule has 1 aromatic rings. The minimum absolute atomic E-state index is 0.653. The molecule has 1 N–H and O–H groups in total. The van der Waals surface area contributed by atoms with E-state index in [4.69, 9.17) is 0 Å². The summed E-state index contributed by atoms with van der Waals surface area (Å²) in [6.07, 6.45) is 5.68. The molecule has 0 aromatic heterocycles. The van der Waals surface area contributed by atoms with Crippen LogP contribution in [0.25, 0.3) is 0 Å². The SMILES string of the molecule is CCN(CC)c1ccc(CN[C@@H](C)C2CCCC2)cc1. The van der Waals surface area contributed by atoms with Crippen molar-refractivity contribution < 1.29 is 0 Å². The van der Waals surface area contributed by atoms with Crippen LogP contribution in [0.15, 0.2) is 24.3 Å². The predicted octanol–water partition coefficient (Wildman–Crippen LogP) is 4.20. The van der Waals surface area contributed by atoms with Gasteiger partial charge in [0.15, 0.2) is 0 Å². The summed E-state index contributed by atoms with van der Waals surface area (Å²) >= 11 is 0. The zero-order chi connectivity index (χ0) is 14.4.